The lowest BCUT2D eigenvalue weighted by atomic mass is 9.82. The zero-order chi connectivity index (χ0) is 25.8. The van der Waals surface area contributed by atoms with E-state index in [0.717, 1.165) is 30.5 Å². The van der Waals surface area contributed by atoms with Gasteiger partial charge in [0.1, 0.15) is 5.75 Å². The van der Waals surface area contributed by atoms with E-state index >= 15 is 0 Å². The van der Waals surface area contributed by atoms with Crippen LogP contribution in [0, 0.1) is 0 Å². The Balaban J connectivity index is 1.37. The van der Waals surface area contributed by atoms with Crippen LogP contribution < -0.4 is 10.6 Å². The van der Waals surface area contributed by atoms with Gasteiger partial charge in [0.2, 0.25) is 0 Å². The second kappa shape index (κ2) is 10.9. The van der Waals surface area contributed by atoms with E-state index in [9.17, 15) is 14.7 Å². The number of rotatable bonds is 7. The van der Waals surface area contributed by atoms with E-state index in [-0.39, 0.29) is 23.6 Å². The minimum absolute atomic E-state index is 0.00466. The first-order valence-corrected chi connectivity index (χ1v) is 12.7. The molecule has 0 aliphatic heterocycles. The van der Waals surface area contributed by atoms with E-state index in [2.05, 4.69) is 15.7 Å². The van der Waals surface area contributed by atoms with Crippen LogP contribution in [0.3, 0.4) is 0 Å². The van der Waals surface area contributed by atoms with E-state index in [0.29, 0.717) is 40.5 Å². The molecule has 188 valence electrons. The van der Waals surface area contributed by atoms with Crippen molar-refractivity contribution in [1.29, 1.82) is 0 Å². The highest BCUT2D eigenvalue weighted by atomic mass is 35.5. The van der Waals surface area contributed by atoms with Gasteiger partial charge in [0.05, 0.1) is 22.0 Å². The van der Waals surface area contributed by atoms with Gasteiger partial charge in [-0.05, 0) is 61.2 Å². The number of nitrogens with one attached hydrogen (secondary N) is 2. The number of hydrogen-bond donors (Lipinski definition) is 3. The van der Waals surface area contributed by atoms with Crippen LogP contribution in [0.25, 0.3) is 11.3 Å². The number of carbonyl (C=O) groups excluding carboxylic acids is 2. The smallest absolute Gasteiger partial charge is 0.342 e. The van der Waals surface area contributed by atoms with Crippen molar-refractivity contribution >= 4 is 29.2 Å². The van der Waals surface area contributed by atoms with Crippen LogP contribution in [-0.2, 0) is 6.42 Å². The first kappa shape index (κ1) is 24.6. The molecule has 1 heterocycles. The lowest BCUT2D eigenvalue weighted by Gasteiger charge is -2.25. The normalized spacial score (nSPS) is 13.1. The fraction of sp³-hybridized carbons (Fsp3) is 0.207. The van der Waals surface area contributed by atoms with Crippen LogP contribution in [-0.4, -0.2) is 33.4 Å². The average Bonchev–Trinajstić information content (AvgIpc) is 3.29. The van der Waals surface area contributed by atoms with E-state index in [4.69, 9.17) is 11.6 Å². The monoisotopic (exact) mass is 514 g/mol. The predicted molar refractivity (Wildman–Crippen MR) is 144 cm³/mol. The molecule has 7 nitrogen and oxygen atoms in total. The summed E-state index contributed by atoms with van der Waals surface area (Å²) in [5, 5.41) is 21.3. The fourth-order valence-corrected chi connectivity index (χ4v) is 4.60. The van der Waals surface area contributed by atoms with Crippen molar-refractivity contribution < 1.29 is 14.7 Å². The van der Waals surface area contributed by atoms with Gasteiger partial charge < -0.3 is 15.7 Å². The van der Waals surface area contributed by atoms with Gasteiger partial charge in [-0.2, -0.15) is 9.78 Å². The zero-order valence-electron chi connectivity index (χ0n) is 20.2. The zero-order valence-corrected chi connectivity index (χ0v) is 20.9. The number of nitrogens with zero attached hydrogens (tertiary/aromatic N) is 2. The van der Waals surface area contributed by atoms with Crippen molar-refractivity contribution in [3.8, 4) is 17.0 Å². The number of benzene rings is 3. The molecule has 0 saturated heterocycles. The first-order chi connectivity index (χ1) is 18.0. The van der Waals surface area contributed by atoms with Gasteiger partial charge >= 0.3 is 6.03 Å². The second-order valence-corrected chi connectivity index (χ2v) is 9.53. The van der Waals surface area contributed by atoms with E-state index in [1.807, 2.05) is 36.4 Å². The van der Waals surface area contributed by atoms with Crippen molar-refractivity contribution in [3.63, 3.8) is 0 Å². The van der Waals surface area contributed by atoms with Crippen LogP contribution >= 0.6 is 11.6 Å². The van der Waals surface area contributed by atoms with Gasteiger partial charge in [-0.1, -0.05) is 60.5 Å². The van der Waals surface area contributed by atoms with Crippen molar-refractivity contribution in [2.24, 2.45) is 0 Å². The van der Waals surface area contributed by atoms with Gasteiger partial charge in [-0.25, -0.2) is 4.79 Å². The molecular formula is C29H27ClN4O3. The molecule has 4 aromatic rings. The minimum atomic E-state index is -0.360. The standard InChI is InChI=1S/C29H27ClN4O3/c30-24-12-5-4-11-22(24)28(36)32-21-13-14-27(35)23(17-21)25-18-26(20-9-6-10-20)34(33-25)29(37)31-16-15-19-7-2-1-3-8-19/h1-5,7-8,11-14,17-18,20,35H,6,9-10,15-16H2,(H,31,37)(H,32,36). The number of aromatic hydroxyl groups is 1. The Kier molecular flexibility index (Phi) is 7.23. The number of hydrogen-bond acceptors (Lipinski definition) is 4. The lowest BCUT2D eigenvalue weighted by molar-refractivity contribution is 0.102. The number of carbonyl (C=O) groups is 2. The molecule has 1 aliphatic carbocycles. The predicted octanol–water partition coefficient (Wildman–Crippen LogP) is 6.23. The molecular weight excluding hydrogens is 488 g/mol. The molecule has 0 bridgehead atoms. The van der Waals surface area contributed by atoms with Crippen LogP contribution in [0.15, 0.2) is 78.9 Å². The summed E-state index contributed by atoms with van der Waals surface area (Å²) < 4.78 is 1.42. The number of amides is 2. The number of phenols is 1. The maximum atomic E-state index is 13.1. The molecule has 0 radical (unpaired) electrons. The molecule has 0 unspecified atom stereocenters. The fourth-order valence-electron chi connectivity index (χ4n) is 4.38. The summed E-state index contributed by atoms with van der Waals surface area (Å²) in [4.78, 5) is 25.8. The van der Waals surface area contributed by atoms with Crippen molar-refractivity contribution in [2.75, 3.05) is 11.9 Å². The van der Waals surface area contributed by atoms with E-state index in [1.165, 1.54) is 10.7 Å². The molecule has 37 heavy (non-hydrogen) atoms. The number of phenolic OH excluding ortho intramolecular Hbond substituents is 1. The van der Waals surface area contributed by atoms with Crippen LogP contribution in [0.2, 0.25) is 5.02 Å². The minimum Gasteiger partial charge on any atom is -0.507 e. The summed E-state index contributed by atoms with van der Waals surface area (Å²) in [5.41, 5.74) is 3.68. The van der Waals surface area contributed by atoms with Gasteiger partial charge in [-0.15, -0.1) is 0 Å². The summed E-state index contributed by atoms with van der Waals surface area (Å²) in [6.45, 7) is 0.483. The molecule has 1 aliphatic rings. The average molecular weight is 515 g/mol. The van der Waals surface area contributed by atoms with Crippen LogP contribution in [0.4, 0.5) is 10.5 Å². The highest BCUT2D eigenvalue weighted by molar-refractivity contribution is 6.34. The molecule has 0 atom stereocenters. The van der Waals surface area contributed by atoms with Crippen molar-refractivity contribution in [2.45, 2.75) is 31.6 Å². The lowest BCUT2D eigenvalue weighted by Crippen LogP contribution is -2.33. The molecule has 0 spiro atoms. The molecule has 8 heteroatoms. The SMILES string of the molecule is O=C(Nc1ccc(O)c(-c2cc(C3CCC3)n(C(=O)NCCc3ccccc3)n2)c1)c1ccccc1Cl. The van der Waals surface area contributed by atoms with Gasteiger partial charge in [0.15, 0.2) is 0 Å². The highest BCUT2D eigenvalue weighted by Gasteiger charge is 2.27. The van der Waals surface area contributed by atoms with Crippen LogP contribution in [0.5, 0.6) is 5.75 Å². The van der Waals surface area contributed by atoms with Gasteiger partial charge in [0, 0.05) is 23.7 Å². The highest BCUT2D eigenvalue weighted by Crippen LogP contribution is 2.39. The quantitative estimate of drug-likeness (QED) is 0.255. The van der Waals surface area contributed by atoms with E-state index in [1.54, 1.807) is 36.4 Å². The third kappa shape index (κ3) is 5.52. The molecule has 1 aromatic heterocycles. The number of aromatic nitrogens is 2. The summed E-state index contributed by atoms with van der Waals surface area (Å²) >= 11 is 6.16. The molecule has 3 N–H and O–H groups in total. The number of halogens is 1. The van der Waals surface area contributed by atoms with Gasteiger partial charge in [0.25, 0.3) is 5.91 Å². The molecule has 3 aromatic carbocycles. The maximum absolute atomic E-state index is 13.1. The van der Waals surface area contributed by atoms with Crippen molar-refractivity contribution in [3.05, 3.63) is 101 Å². The topological polar surface area (TPSA) is 96.2 Å². The Bertz CT molecular complexity index is 1430. The Labute approximate surface area is 220 Å². The summed E-state index contributed by atoms with van der Waals surface area (Å²) in [6.07, 6.45) is 3.80. The maximum Gasteiger partial charge on any atom is 0.342 e. The third-order valence-corrected chi connectivity index (χ3v) is 6.96. The van der Waals surface area contributed by atoms with Gasteiger partial charge in [-0.3, -0.25) is 4.79 Å². The van der Waals surface area contributed by atoms with E-state index < -0.39 is 0 Å². The molecule has 2 amide bonds. The molecule has 1 fully saturated rings. The van der Waals surface area contributed by atoms with Crippen molar-refractivity contribution in [1.82, 2.24) is 15.1 Å². The Morgan fingerprint density at radius 2 is 1.76 bits per heavy atom. The van der Waals surface area contributed by atoms with Crippen LogP contribution in [0.1, 0.15) is 46.8 Å². The Hall–Kier alpha value is -4.10. The summed E-state index contributed by atoms with van der Waals surface area (Å²) in [7, 11) is 0. The summed E-state index contributed by atoms with van der Waals surface area (Å²) in [5.74, 6) is -0.114. The summed E-state index contributed by atoms with van der Waals surface area (Å²) in [6, 6.07) is 23.1. The molecule has 1 saturated carbocycles. The Morgan fingerprint density at radius 1 is 1.00 bits per heavy atom. The molecule has 5 rings (SSSR count). The second-order valence-electron chi connectivity index (χ2n) is 9.13. The largest absolute Gasteiger partial charge is 0.507 e. The Morgan fingerprint density at radius 3 is 2.49 bits per heavy atom. The first-order valence-electron chi connectivity index (χ1n) is 12.3. The number of anilines is 1. The third-order valence-electron chi connectivity index (χ3n) is 6.63.